The van der Waals surface area contributed by atoms with Gasteiger partial charge in [0.2, 0.25) is 0 Å². The lowest BCUT2D eigenvalue weighted by atomic mass is 9.90. The first-order valence-electron chi connectivity index (χ1n) is 5.44. The van der Waals surface area contributed by atoms with Crippen LogP contribution < -0.4 is 0 Å². The monoisotopic (exact) mass is 238 g/mol. The first-order valence-corrected chi connectivity index (χ1v) is 5.81. The summed E-state index contributed by atoms with van der Waals surface area (Å²) in [6.45, 7) is 4.00. The van der Waals surface area contributed by atoms with Gasteiger partial charge in [-0.15, -0.1) is 0 Å². The van der Waals surface area contributed by atoms with E-state index in [2.05, 4.69) is 6.07 Å². The molecule has 0 amide bonds. The molecular weight excluding hydrogens is 224 g/mol. The highest BCUT2D eigenvalue weighted by atomic mass is 35.5. The van der Waals surface area contributed by atoms with Gasteiger partial charge in [0.25, 0.3) is 0 Å². The van der Waals surface area contributed by atoms with E-state index in [0.29, 0.717) is 0 Å². The van der Waals surface area contributed by atoms with Gasteiger partial charge in [0.15, 0.2) is 0 Å². The molecule has 3 heteroatoms. The van der Waals surface area contributed by atoms with Crippen LogP contribution in [0, 0.1) is 13.8 Å². The molecule has 1 aromatic carbocycles. The minimum atomic E-state index is -0.730. The first kappa shape index (κ1) is 11.5. The fourth-order valence-electron chi connectivity index (χ4n) is 2.13. The molecular formula is C13H15ClO2. The van der Waals surface area contributed by atoms with Crippen LogP contribution in [0.3, 0.4) is 0 Å². The number of carboxylic acid groups (broad SMARTS) is 1. The second-order valence-corrected chi connectivity index (χ2v) is 5.16. The van der Waals surface area contributed by atoms with Crippen LogP contribution in [0.15, 0.2) is 12.1 Å². The highest BCUT2D eigenvalue weighted by Gasteiger charge is 2.46. The van der Waals surface area contributed by atoms with Crippen molar-refractivity contribution in [3.8, 4) is 0 Å². The summed E-state index contributed by atoms with van der Waals surface area (Å²) in [6.07, 6.45) is 2.13. The molecule has 0 aromatic heterocycles. The minimum absolute atomic E-state index is 0.145. The SMILES string of the molecule is Cc1cc(C2(CC(=O)O)CC2)cc(Cl)c1C. The zero-order valence-electron chi connectivity index (χ0n) is 9.51. The van der Waals surface area contributed by atoms with Crippen molar-refractivity contribution in [2.24, 2.45) is 0 Å². The minimum Gasteiger partial charge on any atom is -0.481 e. The van der Waals surface area contributed by atoms with Crippen molar-refractivity contribution >= 4 is 17.6 Å². The van der Waals surface area contributed by atoms with E-state index in [4.69, 9.17) is 16.7 Å². The smallest absolute Gasteiger partial charge is 0.304 e. The van der Waals surface area contributed by atoms with Crippen LogP contribution in [-0.4, -0.2) is 11.1 Å². The van der Waals surface area contributed by atoms with Crippen LogP contribution in [0.25, 0.3) is 0 Å². The van der Waals surface area contributed by atoms with E-state index in [-0.39, 0.29) is 11.8 Å². The van der Waals surface area contributed by atoms with Crippen LogP contribution in [0.4, 0.5) is 0 Å². The Morgan fingerprint density at radius 1 is 1.44 bits per heavy atom. The molecule has 16 heavy (non-hydrogen) atoms. The Morgan fingerprint density at radius 2 is 2.06 bits per heavy atom. The van der Waals surface area contributed by atoms with E-state index in [9.17, 15) is 4.79 Å². The molecule has 1 aliphatic rings. The number of aryl methyl sites for hydroxylation is 1. The van der Waals surface area contributed by atoms with Gasteiger partial charge >= 0.3 is 5.97 Å². The summed E-state index contributed by atoms with van der Waals surface area (Å²) in [5.41, 5.74) is 3.16. The first-order chi connectivity index (χ1) is 7.44. The topological polar surface area (TPSA) is 37.3 Å². The maximum atomic E-state index is 10.8. The molecule has 2 nitrogen and oxygen atoms in total. The van der Waals surface area contributed by atoms with Crippen molar-refractivity contribution in [3.05, 3.63) is 33.8 Å². The van der Waals surface area contributed by atoms with E-state index >= 15 is 0 Å². The van der Waals surface area contributed by atoms with Gasteiger partial charge in [0.1, 0.15) is 0 Å². The highest BCUT2D eigenvalue weighted by Crippen LogP contribution is 2.51. The van der Waals surface area contributed by atoms with Crippen LogP contribution in [0.2, 0.25) is 5.02 Å². The van der Waals surface area contributed by atoms with Crippen LogP contribution in [0.1, 0.15) is 36.0 Å². The molecule has 0 radical (unpaired) electrons. The van der Waals surface area contributed by atoms with Gasteiger partial charge in [-0.25, -0.2) is 0 Å². The number of hydrogen-bond donors (Lipinski definition) is 1. The molecule has 0 spiro atoms. The largest absolute Gasteiger partial charge is 0.481 e. The van der Waals surface area contributed by atoms with Crippen molar-refractivity contribution in [1.29, 1.82) is 0 Å². The third kappa shape index (κ3) is 1.94. The molecule has 1 N–H and O–H groups in total. The number of hydrogen-bond acceptors (Lipinski definition) is 1. The summed E-state index contributed by atoms with van der Waals surface area (Å²) in [4.78, 5) is 10.8. The summed E-state index contributed by atoms with van der Waals surface area (Å²) in [5.74, 6) is -0.730. The zero-order valence-corrected chi connectivity index (χ0v) is 10.3. The van der Waals surface area contributed by atoms with E-state index < -0.39 is 5.97 Å². The van der Waals surface area contributed by atoms with E-state index in [1.54, 1.807) is 0 Å². The lowest BCUT2D eigenvalue weighted by Gasteiger charge is -2.15. The van der Waals surface area contributed by atoms with Gasteiger partial charge in [-0.05, 0) is 49.4 Å². The van der Waals surface area contributed by atoms with Crippen LogP contribution in [0.5, 0.6) is 0 Å². The van der Waals surface area contributed by atoms with Crippen molar-refractivity contribution in [2.45, 2.75) is 38.5 Å². The van der Waals surface area contributed by atoms with Gasteiger partial charge in [0.05, 0.1) is 6.42 Å². The quantitative estimate of drug-likeness (QED) is 0.876. The standard InChI is InChI=1S/C13H15ClO2/c1-8-5-10(6-11(14)9(8)2)13(3-4-13)7-12(15)16/h5-6H,3-4,7H2,1-2H3,(H,15,16). The second-order valence-electron chi connectivity index (χ2n) is 4.75. The van der Waals surface area contributed by atoms with Gasteiger partial charge in [-0.2, -0.15) is 0 Å². The third-order valence-corrected chi connectivity index (χ3v) is 3.95. The Labute approximate surface area is 100 Å². The number of carbonyl (C=O) groups is 1. The van der Waals surface area contributed by atoms with Crippen LogP contribution in [-0.2, 0) is 10.2 Å². The fourth-order valence-corrected chi connectivity index (χ4v) is 2.40. The Hall–Kier alpha value is -1.02. The second kappa shape index (κ2) is 3.77. The Balaban J connectivity index is 2.38. The third-order valence-electron chi connectivity index (χ3n) is 3.56. The number of carboxylic acids is 1. The highest BCUT2D eigenvalue weighted by molar-refractivity contribution is 6.31. The average Bonchev–Trinajstić information content (AvgIpc) is 2.93. The molecule has 1 aliphatic carbocycles. The number of benzene rings is 1. The van der Waals surface area contributed by atoms with E-state index in [1.165, 1.54) is 0 Å². The molecule has 2 rings (SSSR count). The van der Waals surface area contributed by atoms with Crippen molar-refractivity contribution in [1.82, 2.24) is 0 Å². The molecule has 1 aromatic rings. The molecule has 0 aliphatic heterocycles. The Bertz CT molecular complexity index is 424. The predicted octanol–water partition coefficient (Wildman–Crippen LogP) is 3.46. The summed E-state index contributed by atoms with van der Waals surface area (Å²) in [6, 6.07) is 4.01. The number of halogens is 1. The maximum Gasteiger partial charge on any atom is 0.304 e. The lowest BCUT2D eigenvalue weighted by Crippen LogP contribution is -2.13. The summed E-state index contributed by atoms with van der Waals surface area (Å²) in [7, 11) is 0. The maximum absolute atomic E-state index is 10.8. The number of rotatable bonds is 3. The normalized spacial score (nSPS) is 17.2. The van der Waals surface area contributed by atoms with Crippen molar-refractivity contribution in [3.63, 3.8) is 0 Å². The molecule has 86 valence electrons. The van der Waals surface area contributed by atoms with E-state index in [0.717, 1.165) is 34.6 Å². The number of aliphatic carboxylic acids is 1. The molecule has 0 saturated heterocycles. The molecule has 0 unspecified atom stereocenters. The molecule has 0 bridgehead atoms. The fraction of sp³-hybridized carbons (Fsp3) is 0.462. The lowest BCUT2D eigenvalue weighted by molar-refractivity contribution is -0.137. The Kier molecular flexibility index (Phi) is 2.70. The molecule has 0 atom stereocenters. The van der Waals surface area contributed by atoms with Crippen LogP contribution >= 0.6 is 11.6 Å². The van der Waals surface area contributed by atoms with Crippen molar-refractivity contribution in [2.75, 3.05) is 0 Å². The predicted molar refractivity (Wildman–Crippen MR) is 64.1 cm³/mol. The molecule has 0 heterocycles. The summed E-state index contributed by atoms with van der Waals surface area (Å²) in [5, 5.41) is 9.65. The Morgan fingerprint density at radius 3 is 2.50 bits per heavy atom. The zero-order chi connectivity index (χ0) is 11.9. The van der Waals surface area contributed by atoms with E-state index in [1.807, 2.05) is 19.9 Å². The summed E-state index contributed by atoms with van der Waals surface area (Å²) < 4.78 is 0. The van der Waals surface area contributed by atoms with Gasteiger partial charge in [-0.3, -0.25) is 4.79 Å². The van der Waals surface area contributed by atoms with Gasteiger partial charge in [-0.1, -0.05) is 17.7 Å². The molecule has 1 fully saturated rings. The summed E-state index contributed by atoms with van der Waals surface area (Å²) >= 11 is 6.14. The van der Waals surface area contributed by atoms with Gasteiger partial charge < -0.3 is 5.11 Å². The van der Waals surface area contributed by atoms with Gasteiger partial charge in [0, 0.05) is 10.4 Å². The average molecular weight is 239 g/mol. The molecule has 1 saturated carbocycles. The van der Waals surface area contributed by atoms with Crippen molar-refractivity contribution < 1.29 is 9.90 Å².